The minimum absolute atomic E-state index is 0.138. The fourth-order valence-electron chi connectivity index (χ4n) is 2.16. The number of amides is 2. The van der Waals surface area contributed by atoms with Crippen molar-refractivity contribution in [3.63, 3.8) is 0 Å². The lowest BCUT2D eigenvalue weighted by molar-refractivity contribution is -0.113. The Morgan fingerprint density at radius 2 is 1.75 bits per heavy atom. The molecule has 2 aromatic rings. The van der Waals surface area contributed by atoms with Crippen LogP contribution in [0.1, 0.15) is 22.3 Å². The van der Waals surface area contributed by atoms with Crippen LogP contribution in [0.3, 0.4) is 0 Å². The predicted octanol–water partition coefficient (Wildman–Crippen LogP) is 3.68. The van der Waals surface area contributed by atoms with Crippen LogP contribution in [0, 0.1) is 12.3 Å². The maximum absolute atomic E-state index is 12.4. The molecule has 2 N–H and O–H groups in total. The van der Waals surface area contributed by atoms with E-state index in [-0.39, 0.29) is 17.7 Å². The van der Waals surface area contributed by atoms with Gasteiger partial charge in [-0.3, -0.25) is 9.59 Å². The first kappa shape index (κ1) is 17.6. The molecule has 0 radical (unpaired) electrons. The van der Waals surface area contributed by atoms with Gasteiger partial charge in [-0.25, -0.2) is 0 Å². The van der Waals surface area contributed by atoms with Gasteiger partial charge in [-0.15, -0.1) is 23.9 Å². The fourth-order valence-corrected chi connectivity index (χ4v) is 2.22. The molecule has 0 aliphatic heterocycles. The van der Waals surface area contributed by atoms with Gasteiger partial charge in [0.25, 0.3) is 5.91 Å². The first-order chi connectivity index (χ1) is 11.6. The molecule has 0 unspecified atom stereocenters. The summed E-state index contributed by atoms with van der Waals surface area (Å²) in [5.41, 5.74) is 2.73. The lowest BCUT2D eigenvalue weighted by Gasteiger charge is -2.09. The van der Waals surface area contributed by atoms with Crippen molar-refractivity contribution in [1.82, 2.24) is 0 Å². The average Bonchev–Trinajstić information content (AvgIpc) is 2.60. The summed E-state index contributed by atoms with van der Waals surface area (Å²) in [5, 5.41) is 5.45. The molecule has 0 saturated carbocycles. The minimum atomic E-state index is -0.324. The van der Waals surface area contributed by atoms with Crippen LogP contribution in [0.4, 0.5) is 11.4 Å². The normalized spacial score (nSPS) is 9.83. The summed E-state index contributed by atoms with van der Waals surface area (Å²) < 4.78 is 0. The van der Waals surface area contributed by atoms with Gasteiger partial charge < -0.3 is 10.6 Å². The molecule has 0 atom stereocenters. The summed E-state index contributed by atoms with van der Waals surface area (Å²) in [6.45, 7) is 0. The van der Waals surface area contributed by atoms with Crippen LogP contribution in [0.5, 0.6) is 0 Å². The van der Waals surface area contributed by atoms with Crippen molar-refractivity contribution >= 4 is 34.8 Å². The maximum atomic E-state index is 12.4. The average molecular weight is 341 g/mol. The lowest BCUT2D eigenvalue weighted by Crippen LogP contribution is -2.15. The van der Waals surface area contributed by atoms with Crippen molar-refractivity contribution in [2.75, 3.05) is 16.5 Å². The summed E-state index contributed by atoms with van der Waals surface area (Å²) >= 11 is 5.46. The SMILES string of the molecule is C#CCCc1cccc(NC(=O)c2cccc(NC(=O)CCl)c2)c1. The van der Waals surface area contributed by atoms with Crippen molar-refractivity contribution in [2.24, 2.45) is 0 Å². The number of hydrogen-bond donors (Lipinski definition) is 2. The van der Waals surface area contributed by atoms with Crippen LogP contribution in [0.15, 0.2) is 48.5 Å². The molecule has 0 saturated heterocycles. The first-order valence-electron chi connectivity index (χ1n) is 7.42. The Hall–Kier alpha value is -2.77. The molecule has 0 heterocycles. The predicted molar refractivity (Wildman–Crippen MR) is 97.3 cm³/mol. The van der Waals surface area contributed by atoms with E-state index in [1.54, 1.807) is 24.3 Å². The number of carbonyl (C=O) groups is 2. The summed E-state index contributed by atoms with van der Waals surface area (Å²) in [6, 6.07) is 14.2. The molecular weight excluding hydrogens is 324 g/mol. The Morgan fingerprint density at radius 1 is 1.04 bits per heavy atom. The molecule has 2 amide bonds. The van der Waals surface area contributed by atoms with Gasteiger partial charge in [0, 0.05) is 23.4 Å². The molecule has 0 fully saturated rings. The number of hydrogen-bond acceptors (Lipinski definition) is 2. The van der Waals surface area contributed by atoms with Gasteiger partial charge in [-0.05, 0) is 42.3 Å². The van der Waals surface area contributed by atoms with Crippen molar-refractivity contribution in [2.45, 2.75) is 12.8 Å². The number of terminal acetylenes is 1. The van der Waals surface area contributed by atoms with Crippen LogP contribution in [0.2, 0.25) is 0 Å². The van der Waals surface area contributed by atoms with Gasteiger partial charge in [-0.1, -0.05) is 18.2 Å². The number of rotatable bonds is 6. The van der Waals surface area contributed by atoms with E-state index in [1.165, 1.54) is 0 Å². The molecule has 5 heteroatoms. The summed E-state index contributed by atoms with van der Waals surface area (Å²) in [5.74, 6) is 1.88. The Balaban J connectivity index is 2.08. The molecule has 2 rings (SSSR count). The zero-order valence-corrected chi connectivity index (χ0v) is 13.8. The second-order valence-electron chi connectivity index (χ2n) is 5.12. The van der Waals surface area contributed by atoms with Gasteiger partial charge >= 0.3 is 0 Å². The second-order valence-corrected chi connectivity index (χ2v) is 5.39. The number of alkyl halides is 1. The smallest absolute Gasteiger partial charge is 0.255 e. The van der Waals surface area contributed by atoms with Crippen molar-refractivity contribution in [3.8, 4) is 12.3 Å². The highest BCUT2D eigenvalue weighted by molar-refractivity contribution is 6.29. The van der Waals surface area contributed by atoms with E-state index in [1.807, 2.05) is 24.3 Å². The highest BCUT2D eigenvalue weighted by Gasteiger charge is 2.08. The molecular formula is C19H17ClN2O2. The third-order valence-electron chi connectivity index (χ3n) is 3.27. The van der Waals surface area contributed by atoms with Gasteiger partial charge in [0.2, 0.25) is 5.91 Å². The summed E-state index contributed by atoms with van der Waals surface area (Å²) in [4.78, 5) is 23.7. The Labute approximate surface area is 146 Å². The van der Waals surface area contributed by atoms with Crippen LogP contribution in [-0.4, -0.2) is 17.7 Å². The molecule has 2 aromatic carbocycles. The number of halogens is 1. The van der Waals surface area contributed by atoms with E-state index in [0.717, 1.165) is 12.0 Å². The van der Waals surface area contributed by atoms with E-state index in [2.05, 4.69) is 16.6 Å². The van der Waals surface area contributed by atoms with Crippen molar-refractivity contribution in [3.05, 3.63) is 59.7 Å². The van der Waals surface area contributed by atoms with Crippen LogP contribution in [-0.2, 0) is 11.2 Å². The van der Waals surface area contributed by atoms with E-state index >= 15 is 0 Å². The van der Waals surface area contributed by atoms with E-state index in [4.69, 9.17) is 18.0 Å². The third kappa shape index (κ3) is 5.15. The standard InChI is InChI=1S/C19H17ClN2O2/c1-2-3-6-14-7-4-9-16(11-14)22-19(24)15-8-5-10-17(12-15)21-18(23)13-20/h1,4-5,7-12H,3,6,13H2,(H,21,23)(H,22,24). The minimum Gasteiger partial charge on any atom is -0.325 e. The molecule has 0 bridgehead atoms. The molecule has 0 aromatic heterocycles. The molecule has 0 aliphatic rings. The van der Waals surface area contributed by atoms with E-state index in [0.29, 0.717) is 23.4 Å². The van der Waals surface area contributed by atoms with Crippen molar-refractivity contribution < 1.29 is 9.59 Å². The Morgan fingerprint density at radius 3 is 2.46 bits per heavy atom. The van der Waals surface area contributed by atoms with E-state index in [9.17, 15) is 9.59 Å². The second kappa shape index (κ2) is 8.76. The topological polar surface area (TPSA) is 58.2 Å². The number of benzene rings is 2. The van der Waals surface area contributed by atoms with Crippen molar-refractivity contribution in [1.29, 1.82) is 0 Å². The largest absolute Gasteiger partial charge is 0.325 e. The maximum Gasteiger partial charge on any atom is 0.255 e. The summed E-state index contributed by atoms with van der Waals surface area (Å²) in [6.07, 6.45) is 6.69. The number of carbonyl (C=O) groups excluding carboxylic acids is 2. The molecule has 24 heavy (non-hydrogen) atoms. The Bertz CT molecular complexity index is 781. The highest BCUT2D eigenvalue weighted by atomic mass is 35.5. The molecule has 4 nitrogen and oxygen atoms in total. The molecule has 122 valence electrons. The van der Waals surface area contributed by atoms with Crippen LogP contribution >= 0.6 is 11.6 Å². The van der Waals surface area contributed by atoms with Gasteiger partial charge in [0.1, 0.15) is 5.88 Å². The fraction of sp³-hybridized carbons (Fsp3) is 0.158. The van der Waals surface area contributed by atoms with Gasteiger partial charge in [0.05, 0.1) is 0 Å². The number of aryl methyl sites for hydroxylation is 1. The third-order valence-corrected chi connectivity index (χ3v) is 3.52. The van der Waals surface area contributed by atoms with Gasteiger partial charge in [-0.2, -0.15) is 0 Å². The molecule has 0 spiro atoms. The number of nitrogens with one attached hydrogen (secondary N) is 2. The lowest BCUT2D eigenvalue weighted by atomic mass is 10.1. The van der Waals surface area contributed by atoms with Crippen LogP contribution in [0.25, 0.3) is 0 Å². The van der Waals surface area contributed by atoms with Gasteiger partial charge in [0.15, 0.2) is 0 Å². The van der Waals surface area contributed by atoms with E-state index < -0.39 is 0 Å². The monoisotopic (exact) mass is 340 g/mol. The Kier molecular flexibility index (Phi) is 6.41. The number of anilines is 2. The highest BCUT2D eigenvalue weighted by Crippen LogP contribution is 2.16. The summed E-state index contributed by atoms with van der Waals surface area (Å²) in [7, 11) is 0. The zero-order chi connectivity index (χ0) is 17.4. The first-order valence-corrected chi connectivity index (χ1v) is 7.95. The molecule has 0 aliphatic carbocycles. The quantitative estimate of drug-likeness (QED) is 0.622. The zero-order valence-electron chi connectivity index (χ0n) is 13.0. The van der Waals surface area contributed by atoms with Crippen LogP contribution < -0.4 is 10.6 Å².